The molecule has 2 aliphatic heterocycles. The molecule has 0 saturated carbocycles. The van der Waals surface area contributed by atoms with E-state index in [1.54, 1.807) is 0 Å². The lowest BCUT2D eigenvalue weighted by Gasteiger charge is -2.38. The SMILES string of the molecule is O=C(NC(CCN1CCC2(CC1)CCN(Cc1ccc(Br)cc1)C2=O)c1cccc(Cl)c1)c1ccccc1. The van der Waals surface area contributed by atoms with E-state index in [4.69, 9.17) is 11.6 Å². The van der Waals surface area contributed by atoms with E-state index >= 15 is 0 Å². The van der Waals surface area contributed by atoms with Gasteiger partial charge in [0.05, 0.1) is 11.5 Å². The molecule has 0 aromatic heterocycles. The molecule has 1 spiro atoms. The summed E-state index contributed by atoms with van der Waals surface area (Å²) in [5.74, 6) is 0.225. The Kier molecular flexibility index (Phi) is 8.51. The fourth-order valence-electron chi connectivity index (χ4n) is 5.71. The third-order valence-electron chi connectivity index (χ3n) is 8.03. The van der Waals surface area contributed by atoms with E-state index in [1.165, 1.54) is 5.56 Å². The van der Waals surface area contributed by atoms with E-state index in [9.17, 15) is 9.59 Å². The van der Waals surface area contributed by atoms with Crippen molar-refractivity contribution in [3.05, 3.63) is 105 Å². The van der Waals surface area contributed by atoms with Gasteiger partial charge in [0.1, 0.15) is 0 Å². The van der Waals surface area contributed by atoms with Crippen LogP contribution in [0.2, 0.25) is 5.02 Å². The van der Waals surface area contributed by atoms with Gasteiger partial charge in [-0.05, 0) is 86.3 Å². The van der Waals surface area contributed by atoms with Crippen LogP contribution in [0.4, 0.5) is 0 Å². The minimum absolute atomic E-state index is 0.0874. The van der Waals surface area contributed by atoms with Gasteiger partial charge in [-0.15, -0.1) is 0 Å². The highest BCUT2D eigenvalue weighted by molar-refractivity contribution is 9.10. The fraction of sp³-hybridized carbons (Fsp3) is 0.355. The lowest BCUT2D eigenvalue weighted by atomic mass is 9.77. The maximum atomic E-state index is 13.4. The first kappa shape index (κ1) is 26.9. The van der Waals surface area contributed by atoms with Crippen molar-refractivity contribution in [1.82, 2.24) is 15.1 Å². The van der Waals surface area contributed by atoms with E-state index in [1.807, 2.05) is 71.6 Å². The molecule has 7 heteroatoms. The Morgan fingerprint density at radius 1 is 0.947 bits per heavy atom. The molecule has 2 aliphatic rings. The molecule has 2 heterocycles. The zero-order valence-corrected chi connectivity index (χ0v) is 23.8. The van der Waals surface area contributed by atoms with Gasteiger partial charge in [-0.2, -0.15) is 0 Å². The predicted molar refractivity (Wildman–Crippen MR) is 155 cm³/mol. The number of nitrogens with one attached hydrogen (secondary N) is 1. The number of rotatable bonds is 8. The summed E-state index contributed by atoms with van der Waals surface area (Å²) in [5.41, 5.74) is 2.59. The van der Waals surface area contributed by atoms with Crippen LogP contribution >= 0.6 is 27.5 Å². The molecule has 3 aromatic carbocycles. The summed E-state index contributed by atoms with van der Waals surface area (Å²) in [7, 11) is 0. The normalized spacial score (nSPS) is 18.1. The monoisotopic (exact) mass is 593 g/mol. The molecule has 2 saturated heterocycles. The van der Waals surface area contributed by atoms with Gasteiger partial charge in [0, 0.05) is 34.7 Å². The smallest absolute Gasteiger partial charge is 0.251 e. The number of benzene rings is 3. The van der Waals surface area contributed by atoms with Crippen LogP contribution in [0, 0.1) is 5.41 Å². The number of carbonyl (C=O) groups is 2. The molecule has 1 atom stereocenters. The van der Waals surface area contributed by atoms with Crippen molar-refractivity contribution in [3.63, 3.8) is 0 Å². The lowest BCUT2D eigenvalue weighted by Crippen LogP contribution is -2.45. The highest BCUT2D eigenvalue weighted by Crippen LogP contribution is 2.42. The molecule has 0 radical (unpaired) electrons. The van der Waals surface area contributed by atoms with Crippen LogP contribution in [0.5, 0.6) is 0 Å². The molecule has 198 valence electrons. The average Bonchev–Trinajstić information content (AvgIpc) is 3.23. The largest absolute Gasteiger partial charge is 0.345 e. The first-order valence-electron chi connectivity index (χ1n) is 13.3. The van der Waals surface area contributed by atoms with Crippen LogP contribution in [0.15, 0.2) is 83.3 Å². The van der Waals surface area contributed by atoms with Crippen molar-refractivity contribution < 1.29 is 9.59 Å². The Morgan fingerprint density at radius 3 is 2.37 bits per heavy atom. The van der Waals surface area contributed by atoms with Gasteiger partial charge in [-0.3, -0.25) is 9.59 Å². The first-order chi connectivity index (χ1) is 18.4. The van der Waals surface area contributed by atoms with Crippen LogP contribution < -0.4 is 5.32 Å². The van der Waals surface area contributed by atoms with Crippen molar-refractivity contribution in [3.8, 4) is 0 Å². The Balaban J connectivity index is 1.18. The number of likely N-dealkylation sites (tertiary alicyclic amines) is 2. The average molecular weight is 595 g/mol. The van der Waals surface area contributed by atoms with E-state index in [0.29, 0.717) is 23.0 Å². The second kappa shape index (κ2) is 12.0. The summed E-state index contributed by atoms with van der Waals surface area (Å²) in [5, 5.41) is 3.88. The minimum Gasteiger partial charge on any atom is -0.345 e. The molecule has 2 amide bonds. The number of amides is 2. The molecule has 38 heavy (non-hydrogen) atoms. The Hall–Kier alpha value is -2.67. The van der Waals surface area contributed by atoms with Gasteiger partial charge in [0.25, 0.3) is 5.91 Å². The third kappa shape index (κ3) is 6.31. The Labute approximate surface area is 238 Å². The van der Waals surface area contributed by atoms with E-state index in [0.717, 1.165) is 61.9 Å². The molecular formula is C31H33BrClN3O2. The maximum Gasteiger partial charge on any atom is 0.251 e. The molecular weight excluding hydrogens is 562 g/mol. The van der Waals surface area contributed by atoms with Crippen molar-refractivity contribution >= 4 is 39.3 Å². The van der Waals surface area contributed by atoms with Gasteiger partial charge in [0.15, 0.2) is 0 Å². The van der Waals surface area contributed by atoms with Crippen LogP contribution in [0.1, 0.15) is 53.2 Å². The van der Waals surface area contributed by atoms with Crippen molar-refractivity contribution in [2.45, 2.75) is 38.3 Å². The Bertz CT molecular complexity index is 1260. The number of hydrogen-bond donors (Lipinski definition) is 1. The Morgan fingerprint density at radius 2 is 1.66 bits per heavy atom. The highest BCUT2D eigenvalue weighted by Gasteiger charge is 2.47. The van der Waals surface area contributed by atoms with E-state index in [2.05, 4.69) is 38.3 Å². The van der Waals surface area contributed by atoms with Crippen molar-refractivity contribution in [2.75, 3.05) is 26.2 Å². The second-order valence-corrected chi connectivity index (χ2v) is 11.8. The zero-order valence-electron chi connectivity index (χ0n) is 21.4. The van der Waals surface area contributed by atoms with Crippen molar-refractivity contribution in [2.24, 2.45) is 5.41 Å². The summed E-state index contributed by atoms with van der Waals surface area (Å²) < 4.78 is 1.05. The molecule has 3 aromatic rings. The highest BCUT2D eigenvalue weighted by atomic mass is 79.9. The lowest BCUT2D eigenvalue weighted by molar-refractivity contribution is -0.138. The number of hydrogen-bond acceptors (Lipinski definition) is 3. The molecule has 5 nitrogen and oxygen atoms in total. The molecule has 1 N–H and O–H groups in total. The van der Waals surface area contributed by atoms with E-state index in [-0.39, 0.29) is 17.4 Å². The van der Waals surface area contributed by atoms with Gasteiger partial charge in [-0.25, -0.2) is 0 Å². The maximum absolute atomic E-state index is 13.4. The number of carbonyl (C=O) groups excluding carboxylic acids is 2. The standard InChI is InChI=1S/C31H33BrClN3O2/c32-26-11-9-23(10-12-26)22-36-20-16-31(30(36)38)14-18-35(19-15-31)17-13-28(25-7-4-8-27(33)21-25)34-29(37)24-5-2-1-3-6-24/h1-12,21,28H,13-20,22H2,(H,34,37). The van der Waals surface area contributed by atoms with Gasteiger partial charge >= 0.3 is 0 Å². The van der Waals surface area contributed by atoms with Gasteiger partial charge < -0.3 is 15.1 Å². The third-order valence-corrected chi connectivity index (χ3v) is 8.79. The zero-order chi connectivity index (χ0) is 26.5. The number of piperidine rings is 1. The quantitative estimate of drug-likeness (QED) is 0.325. The second-order valence-electron chi connectivity index (χ2n) is 10.5. The minimum atomic E-state index is -0.222. The number of halogens is 2. The summed E-state index contributed by atoms with van der Waals surface area (Å²) in [6, 6.07) is 25.1. The van der Waals surface area contributed by atoms with Gasteiger partial charge in [0.2, 0.25) is 5.91 Å². The van der Waals surface area contributed by atoms with Crippen LogP contribution in [-0.4, -0.2) is 47.8 Å². The van der Waals surface area contributed by atoms with Crippen LogP contribution in [0.3, 0.4) is 0 Å². The molecule has 2 fully saturated rings. The topological polar surface area (TPSA) is 52.7 Å². The predicted octanol–water partition coefficient (Wildman–Crippen LogP) is 6.48. The van der Waals surface area contributed by atoms with Gasteiger partial charge in [-0.1, -0.05) is 70.0 Å². The summed E-state index contributed by atoms with van der Waals surface area (Å²) in [6.07, 6.45) is 3.49. The van der Waals surface area contributed by atoms with E-state index < -0.39 is 0 Å². The van der Waals surface area contributed by atoms with Crippen LogP contribution in [-0.2, 0) is 11.3 Å². The van der Waals surface area contributed by atoms with Crippen molar-refractivity contribution in [1.29, 1.82) is 0 Å². The number of nitrogens with zero attached hydrogens (tertiary/aromatic N) is 2. The van der Waals surface area contributed by atoms with Crippen LogP contribution in [0.25, 0.3) is 0 Å². The molecule has 0 aliphatic carbocycles. The molecule has 1 unspecified atom stereocenters. The summed E-state index contributed by atoms with van der Waals surface area (Å²) in [4.78, 5) is 30.9. The summed E-state index contributed by atoms with van der Waals surface area (Å²) >= 11 is 9.76. The summed E-state index contributed by atoms with van der Waals surface area (Å²) in [6.45, 7) is 4.15. The molecule has 0 bridgehead atoms. The molecule has 5 rings (SSSR count). The first-order valence-corrected chi connectivity index (χ1v) is 14.5. The fourth-order valence-corrected chi connectivity index (χ4v) is 6.17.